The van der Waals surface area contributed by atoms with Crippen molar-refractivity contribution < 1.29 is 0 Å². The van der Waals surface area contributed by atoms with E-state index in [1.165, 1.54) is 0 Å². The molecule has 2 aromatic rings. The Labute approximate surface area is 100 Å². The number of hydrogen-bond acceptors (Lipinski definition) is 1. The molecule has 5 heteroatoms. The molecular weight excluding hydrogens is 244 g/mol. The molecule has 2 N–H and O–H groups in total. The fourth-order valence-electron chi connectivity index (χ4n) is 1.35. The fraction of sp³-hybridized carbons (Fsp3) is 0.0909. The van der Waals surface area contributed by atoms with Gasteiger partial charge in [-0.2, -0.15) is 10.5 Å². The van der Waals surface area contributed by atoms with Gasteiger partial charge in [-0.05, 0) is 24.3 Å². The van der Waals surface area contributed by atoms with Crippen LogP contribution in [0.15, 0.2) is 40.0 Å². The Morgan fingerprint density at radius 1 is 1.25 bits per heavy atom. The van der Waals surface area contributed by atoms with Crippen molar-refractivity contribution >= 4 is 28.0 Å². The van der Waals surface area contributed by atoms with Gasteiger partial charge in [0.15, 0.2) is 0 Å². The Kier molecular flexibility index (Phi) is 3.31. The van der Waals surface area contributed by atoms with E-state index >= 15 is 0 Å². The van der Waals surface area contributed by atoms with E-state index in [-0.39, 0.29) is 16.0 Å². The maximum absolute atomic E-state index is 10.9. The topological polar surface area (TPSA) is 48.6 Å². The average Bonchev–Trinajstić information content (AvgIpc) is 2.65. The van der Waals surface area contributed by atoms with Gasteiger partial charge in [0.25, 0.3) is 5.56 Å². The summed E-state index contributed by atoms with van der Waals surface area (Å²) in [5.74, 6) is 4.81. The number of aromatic nitrogens is 2. The van der Waals surface area contributed by atoms with Crippen molar-refractivity contribution in [1.82, 2.24) is 10.2 Å². The van der Waals surface area contributed by atoms with Crippen molar-refractivity contribution in [1.29, 1.82) is 0 Å². The van der Waals surface area contributed by atoms with Crippen molar-refractivity contribution in [3.8, 4) is 0 Å². The first-order chi connectivity index (χ1) is 7.65. The number of nitrogens with one attached hydrogen (secondary N) is 2. The second kappa shape index (κ2) is 4.72. The molecule has 16 heavy (non-hydrogen) atoms. The van der Waals surface area contributed by atoms with E-state index in [1.54, 1.807) is 6.07 Å². The lowest BCUT2D eigenvalue weighted by Crippen LogP contribution is -1.93. The first-order valence-corrected chi connectivity index (χ1v) is 6.62. The number of halogens is 1. The third-order valence-corrected chi connectivity index (χ3v) is 3.98. The van der Waals surface area contributed by atoms with Crippen LogP contribution >= 0.6 is 22.1 Å². The van der Waals surface area contributed by atoms with Crippen LogP contribution in [-0.2, 0) is 5.75 Å². The van der Waals surface area contributed by atoms with E-state index in [0.717, 1.165) is 21.4 Å². The van der Waals surface area contributed by atoms with Gasteiger partial charge in [-0.3, -0.25) is 9.89 Å². The van der Waals surface area contributed by atoms with E-state index < -0.39 is 0 Å². The lowest BCUT2D eigenvalue weighted by atomic mass is 10.4. The lowest BCUT2D eigenvalue weighted by Gasteiger charge is -2.05. The molecule has 0 aliphatic carbocycles. The molecule has 1 aromatic carbocycles. The highest BCUT2D eigenvalue weighted by Crippen LogP contribution is 2.28. The number of benzene rings is 1. The van der Waals surface area contributed by atoms with Gasteiger partial charge in [0, 0.05) is 27.4 Å². The van der Waals surface area contributed by atoms with E-state index in [4.69, 9.17) is 11.6 Å². The normalized spacial score (nSPS) is 12.6. The van der Waals surface area contributed by atoms with Gasteiger partial charge in [-0.25, -0.2) is 0 Å². The van der Waals surface area contributed by atoms with E-state index in [2.05, 4.69) is 16.1 Å². The van der Waals surface area contributed by atoms with Crippen LogP contribution in [-0.4, -0.2) is 16.1 Å². The molecule has 2 rings (SSSR count). The zero-order valence-corrected chi connectivity index (χ0v) is 10.1. The minimum absolute atomic E-state index is 0.108. The molecule has 1 atom stereocenters. The van der Waals surface area contributed by atoms with Gasteiger partial charge < -0.3 is 5.10 Å². The molecule has 1 heterocycles. The standard InChI is InChI=1S/C11H11ClN2OS/c1-16(7-9-6-11(15)14-13-9)10-4-2-8(12)3-5-10/h2-6H,1,7H2,(H2,13,14,15). The largest absolute Gasteiger partial charge is 0.301 e. The zero-order chi connectivity index (χ0) is 11.5. The zero-order valence-electron chi connectivity index (χ0n) is 8.50. The van der Waals surface area contributed by atoms with Crippen LogP contribution in [0.2, 0.25) is 5.02 Å². The van der Waals surface area contributed by atoms with Crippen LogP contribution < -0.4 is 5.56 Å². The van der Waals surface area contributed by atoms with Crippen LogP contribution in [0.3, 0.4) is 0 Å². The van der Waals surface area contributed by atoms with Crippen LogP contribution in [0.25, 0.3) is 0 Å². The summed E-state index contributed by atoms with van der Waals surface area (Å²) in [5, 5.41) is 6.05. The van der Waals surface area contributed by atoms with Crippen LogP contribution in [0.1, 0.15) is 5.69 Å². The molecule has 0 spiro atoms. The van der Waals surface area contributed by atoms with Gasteiger partial charge in [-0.1, -0.05) is 17.5 Å². The van der Waals surface area contributed by atoms with E-state index in [9.17, 15) is 4.79 Å². The highest BCUT2D eigenvalue weighted by Gasteiger charge is 2.01. The molecule has 1 aromatic heterocycles. The fourth-order valence-corrected chi connectivity index (χ4v) is 2.69. The summed E-state index contributed by atoms with van der Waals surface area (Å²) in [6, 6.07) is 9.18. The Morgan fingerprint density at radius 2 is 1.94 bits per heavy atom. The molecule has 0 saturated carbocycles. The SMILES string of the molecule is C=S(Cc1cc(=O)[nH][nH]1)c1ccc(Cl)cc1. The number of hydrogen-bond donors (Lipinski definition) is 2. The van der Waals surface area contributed by atoms with Gasteiger partial charge in [0.1, 0.15) is 0 Å². The van der Waals surface area contributed by atoms with Crippen LogP contribution in [0.5, 0.6) is 0 Å². The summed E-state index contributed by atoms with van der Waals surface area (Å²) in [4.78, 5) is 12.1. The molecule has 0 amide bonds. The number of aromatic amines is 2. The van der Waals surface area contributed by atoms with Crippen molar-refractivity contribution in [3.05, 3.63) is 51.4 Å². The Hall–Kier alpha value is -1.26. The van der Waals surface area contributed by atoms with E-state index in [0.29, 0.717) is 0 Å². The monoisotopic (exact) mass is 254 g/mol. The molecule has 0 bridgehead atoms. The van der Waals surface area contributed by atoms with Crippen molar-refractivity contribution in [2.45, 2.75) is 10.6 Å². The van der Waals surface area contributed by atoms with Crippen molar-refractivity contribution in [3.63, 3.8) is 0 Å². The van der Waals surface area contributed by atoms with Gasteiger partial charge >= 0.3 is 0 Å². The molecule has 0 saturated heterocycles. The Bertz CT molecular complexity index is 556. The number of H-pyrrole nitrogens is 2. The Balaban J connectivity index is 2.14. The quantitative estimate of drug-likeness (QED) is 0.813. The summed E-state index contributed by atoms with van der Waals surface area (Å²) < 4.78 is 0. The predicted molar refractivity (Wildman–Crippen MR) is 69.5 cm³/mol. The Morgan fingerprint density at radius 3 is 2.50 bits per heavy atom. The van der Waals surface area contributed by atoms with E-state index in [1.807, 2.05) is 24.3 Å². The molecule has 3 nitrogen and oxygen atoms in total. The van der Waals surface area contributed by atoms with Gasteiger partial charge in [0.2, 0.25) is 0 Å². The van der Waals surface area contributed by atoms with Crippen molar-refractivity contribution in [2.75, 3.05) is 0 Å². The molecule has 0 radical (unpaired) electrons. The summed E-state index contributed by atoms with van der Waals surface area (Å²) >= 11 is 5.81. The number of rotatable bonds is 3. The minimum Gasteiger partial charge on any atom is -0.301 e. The molecule has 84 valence electrons. The van der Waals surface area contributed by atoms with Crippen LogP contribution in [0.4, 0.5) is 0 Å². The summed E-state index contributed by atoms with van der Waals surface area (Å²) in [6.07, 6.45) is 0. The van der Waals surface area contributed by atoms with Crippen molar-refractivity contribution in [2.24, 2.45) is 0 Å². The third kappa shape index (κ3) is 2.65. The molecular formula is C11H11ClN2OS. The average molecular weight is 255 g/mol. The second-order valence-electron chi connectivity index (χ2n) is 3.37. The highest BCUT2D eigenvalue weighted by atomic mass is 35.5. The predicted octanol–water partition coefficient (Wildman–Crippen LogP) is 2.62. The highest BCUT2D eigenvalue weighted by molar-refractivity contribution is 8.13. The maximum Gasteiger partial charge on any atom is 0.264 e. The lowest BCUT2D eigenvalue weighted by molar-refractivity contribution is 1.01. The maximum atomic E-state index is 10.9. The smallest absolute Gasteiger partial charge is 0.264 e. The third-order valence-electron chi connectivity index (χ3n) is 2.13. The summed E-state index contributed by atoms with van der Waals surface area (Å²) in [6.45, 7) is 0. The first kappa shape index (κ1) is 11.2. The molecule has 0 aliphatic rings. The van der Waals surface area contributed by atoms with Crippen LogP contribution in [0, 0.1) is 0 Å². The van der Waals surface area contributed by atoms with Gasteiger partial charge in [-0.15, -0.1) is 0 Å². The first-order valence-electron chi connectivity index (χ1n) is 4.68. The summed E-state index contributed by atoms with van der Waals surface area (Å²) in [5.41, 5.74) is 0.765. The van der Waals surface area contributed by atoms with Gasteiger partial charge in [0.05, 0.1) is 0 Å². The summed E-state index contributed by atoms with van der Waals surface area (Å²) in [7, 11) is -0.178. The molecule has 1 unspecified atom stereocenters. The molecule has 0 aliphatic heterocycles. The molecule has 0 fully saturated rings. The minimum atomic E-state index is -0.178. The second-order valence-corrected chi connectivity index (χ2v) is 5.56.